The van der Waals surface area contributed by atoms with E-state index in [1.165, 1.54) is 0 Å². The van der Waals surface area contributed by atoms with Crippen molar-refractivity contribution in [1.29, 1.82) is 0 Å². The van der Waals surface area contributed by atoms with Crippen LogP contribution < -0.4 is 4.90 Å². The summed E-state index contributed by atoms with van der Waals surface area (Å²) < 4.78 is 5.33. The number of para-hydroxylation sites is 1. The number of ether oxygens (including phenoxy) is 1. The Hall–Kier alpha value is -3.93. The van der Waals surface area contributed by atoms with Crippen LogP contribution in [0.5, 0.6) is 0 Å². The monoisotopic (exact) mass is 456 g/mol. The van der Waals surface area contributed by atoms with Crippen molar-refractivity contribution in [3.05, 3.63) is 101 Å². The Balaban J connectivity index is 1.37. The fourth-order valence-corrected chi connectivity index (χ4v) is 4.05. The highest BCUT2D eigenvalue weighted by Crippen LogP contribution is 2.19. The Bertz CT molecular complexity index is 1200. The first-order chi connectivity index (χ1) is 16.4. The van der Waals surface area contributed by atoms with Gasteiger partial charge < -0.3 is 14.5 Å². The van der Waals surface area contributed by atoms with E-state index in [2.05, 4.69) is 17.0 Å². The largest absolute Gasteiger partial charge is 0.452 e. The van der Waals surface area contributed by atoms with Crippen molar-refractivity contribution in [3.63, 3.8) is 0 Å². The van der Waals surface area contributed by atoms with Gasteiger partial charge in [-0.15, -0.1) is 0 Å². The van der Waals surface area contributed by atoms with Gasteiger partial charge in [-0.25, -0.2) is 4.79 Å². The summed E-state index contributed by atoms with van der Waals surface area (Å²) in [6, 6.07) is 22.1. The van der Waals surface area contributed by atoms with Crippen LogP contribution >= 0.6 is 0 Å². The number of piperazine rings is 1. The Morgan fingerprint density at radius 3 is 2.09 bits per heavy atom. The maximum absolute atomic E-state index is 13.1. The summed E-state index contributed by atoms with van der Waals surface area (Å²) >= 11 is 0. The number of nitrogens with zero attached hydrogens (tertiary/aromatic N) is 2. The van der Waals surface area contributed by atoms with Gasteiger partial charge in [0.25, 0.3) is 5.91 Å². The molecule has 1 aliphatic rings. The molecule has 3 aromatic rings. The Kier molecular flexibility index (Phi) is 7.07. The van der Waals surface area contributed by atoms with Crippen LogP contribution in [0.3, 0.4) is 0 Å². The van der Waals surface area contributed by atoms with E-state index in [9.17, 15) is 14.4 Å². The number of amides is 1. The molecule has 3 aromatic carbocycles. The third-order valence-electron chi connectivity index (χ3n) is 6.24. The number of carbonyl (C=O) groups excluding carboxylic acids is 3. The van der Waals surface area contributed by atoms with Crippen molar-refractivity contribution in [3.8, 4) is 0 Å². The molecular formula is C28H28N2O4. The molecule has 0 atom stereocenters. The second kappa shape index (κ2) is 10.3. The minimum atomic E-state index is -0.677. The zero-order chi connectivity index (χ0) is 24.1. The zero-order valence-electron chi connectivity index (χ0n) is 19.5. The van der Waals surface area contributed by atoms with Gasteiger partial charge >= 0.3 is 5.97 Å². The van der Waals surface area contributed by atoms with Crippen LogP contribution in [-0.2, 0) is 9.53 Å². The lowest BCUT2D eigenvalue weighted by Crippen LogP contribution is -2.49. The van der Waals surface area contributed by atoms with Crippen molar-refractivity contribution in [2.75, 3.05) is 37.7 Å². The number of esters is 1. The number of hydrogen-bond acceptors (Lipinski definition) is 5. The molecule has 0 spiro atoms. The molecule has 0 unspecified atom stereocenters. The summed E-state index contributed by atoms with van der Waals surface area (Å²) in [5, 5.41) is 0. The van der Waals surface area contributed by atoms with E-state index in [-0.39, 0.29) is 29.4 Å². The summed E-state index contributed by atoms with van der Waals surface area (Å²) in [5.74, 6) is -1.16. The van der Waals surface area contributed by atoms with Gasteiger partial charge in [0.05, 0.1) is 5.56 Å². The molecule has 0 bridgehead atoms. The molecule has 0 radical (unpaired) electrons. The van der Waals surface area contributed by atoms with Gasteiger partial charge in [0, 0.05) is 43.0 Å². The van der Waals surface area contributed by atoms with Gasteiger partial charge in [-0.2, -0.15) is 0 Å². The number of ketones is 1. The first-order valence-corrected chi connectivity index (χ1v) is 11.4. The predicted octanol–water partition coefficient (Wildman–Crippen LogP) is 4.04. The topological polar surface area (TPSA) is 66.9 Å². The van der Waals surface area contributed by atoms with Crippen LogP contribution in [0.15, 0.2) is 72.8 Å². The number of anilines is 1. The van der Waals surface area contributed by atoms with Gasteiger partial charge in [0.2, 0.25) is 0 Å². The van der Waals surface area contributed by atoms with E-state index in [1.54, 1.807) is 35.2 Å². The van der Waals surface area contributed by atoms with E-state index in [0.717, 1.165) is 29.9 Å². The number of carbonyl (C=O) groups is 3. The molecule has 1 aliphatic heterocycles. The van der Waals surface area contributed by atoms with Gasteiger partial charge in [-0.3, -0.25) is 9.59 Å². The minimum absolute atomic E-state index is 0.160. The average Bonchev–Trinajstić information content (AvgIpc) is 2.89. The normalized spacial score (nSPS) is 13.5. The lowest BCUT2D eigenvalue weighted by molar-refractivity contribution is -0.134. The first-order valence-electron chi connectivity index (χ1n) is 11.4. The quantitative estimate of drug-likeness (QED) is 0.414. The average molecular weight is 457 g/mol. The third-order valence-corrected chi connectivity index (χ3v) is 6.24. The van der Waals surface area contributed by atoms with Gasteiger partial charge in [-0.05, 0) is 49.2 Å². The lowest BCUT2D eigenvalue weighted by atomic mass is 9.96. The minimum Gasteiger partial charge on any atom is -0.452 e. The maximum Gasteiger partial charge on any atom is 0.339 e. The van der Waals surface area contributed by atoms with Gasteiger partial charge in [-0.1, -0.05) is 48.5 Å². The molecule has 0 aromatic heterocycles. The number of benzene rings is 3. The molecule has 1 amide bonds. The van der Waals surface area contributed by atoms with Crippen molar-refractivity contribution in [1.82, 2.24) is 4.90 Å². The van der Waals surface area contributed by atoms with Crippen LogP contribution in [0.1, 0.15) is 37.4 Å². The molecule has 6 nitrogen and oxygen atoms in total. The fraction of sp³-hybridized carbons (Fsp3) is 0.250. The van der Waals surface area contributed by atoms with Crippen molar-refractivity contribution < 1.29 is 19.1 Å². The second-order valence-electron chi connectivity index (χ2n) is 8.45. The summed E-state index contributed by atoms with van der Waals surface area (Å²) in [7, 11) is 0. The lowest BCUT2D eigenvalue weighted by Gasteiger charge is -2.36. The van der Waals surface area contributed by atoms with Gasteiger partial charge in [0.1, 0.15) is 0 Å². The molecule has 1 heterocycles. The predicted molar refractivity (Wildman–Crippen MR) is 131 cm³/mol. The van der Waals surface area contributed by atoms with Crippen molar-refractivity contribution in [2.45, 2.75) is 13.8 Å². The highest BCUT2D eigenvalue weighted by molar-refractivity contribution is 6.14. The van der Waals surface area contributed by atoms with Crippen LogP contribution in [0.25, 0.3) is 0 Å². The highest BCUT2D eigenvalue weighted by Gasteiger charge is 2.24. The Morgan fingerprint density at radius 2 is 1.41 bits per heavy atom. The molecule has 0 aliphatic carbocycles. The summed E-state index contributed by atoms with van der Waals surface area (Å²) in [6.45, 7) is 6.13. The highest BCUT2D eigenvalue weighted by atomic mass is 16.5. The molecular weight excluding hydrogens is 428 g/mol. The second-order valence-corrected chi connectivity index (χ2v) is 8.45. The van der Waals surface area contributed by atoms with Gasteiger partial charge in [0.15, 0.2) is 12.4 Å². The first kappa shape index (κ1) is 23.2. The molecule has 0 N–H and O–H groups in total. The fourth-order valence-electron chi connectivity index (χ4n) is 4.05. The Morgan fingerprint density at radius 1 is 0.765 bits per heavy atom. The Labute approximate surface area is 199 Å². The number of aryl methyl sites for hydroxylation is 2. The van der Waals surface area contributed by atoms with E-state index in [1.807, 2.05) is 44.2 Å². The van der Waals surface area contributed by atoms with E-state index in [0.29, 0.717) is 18.7 Å². The van der Waals surface area contributed by atoms with Crippen LogP contribution in [0.4, 0.5) is 5.69 Å². The summed E-state index contributed by atoms with van der Waals surface area (Å²) in [6.07, 6.45) is 0. The molecule has 4 rings (SSSR count). The van der Waals surface area contributed by atoms with Crippen LogP contribution in [0.2, 0.25) is 0 Å². The number of rotatable bonds is 6. The van der Waals surface area contributed by atoms with E-state index >= 15 is 0 Å². The smallest absolute Gasteiger partial charge is 0.339 e. The summed E-state index contributed by atoms with van der Waals surface area (Å²) in [4.78, 5) is 42.5. The third kappa shape index (κ3) is 5.17. The molecule has 174 valence electrons. The van der Waals surface area contributed by atoms with Crippen LogP contribution in [-0.4, -0.2) is 55.3 Å². The molecule has 1 fully saturated rings. The van der Waals surface area contributed by atoms with Crippen molar-refractivity contribution >= 4 is 23.3 Å². The molecule has 6 heteroatoms. The standard InChI is InChI=1S/C28H28N2O4/c1-20-12-13-22(18-21(20)2)27(32)24-10-6-7-11-25(24)28(33)34-19-26(31)30-16-14-29(15-17-30)23-8-4-3-5-9-23/h3-13,18H,14-17,19H2,1-2H3. The SMILES string of the molecule is Cc1ccc(C(=O)c2ccccc2C(=O)OCC(=O)N2CCN(c3ccccc3)CC2)cc1C. The number of hydrogen-bond donors (Lipinski definition) is 0. The van der Waals surface area contributed by atoms with E-state index < -0.39 is 5.97 Å². The molecule has 0 saturated carbocycles. The van der Waals surface area contributed by atoms with E-state index in [4.69, 9.17) is 4.74 Å². The maximum atomic E-state index is 13.1. The summed E-state index contributed by atoms with van der Waals surface area (Å²) in [5.41, 5.74) is 4.16. The van der Waals surface area contributed by atoms with Crippen LogP contribution in [0, 0.1) is 13.8 Å². The van der Waals surface area contributed by atoms with Crippen molar-refractivity contribution in [2.24, 2.45) is 0 Å². The molecule has 1 saturated heterocycles. The zero-order valence-corrected chi connectivity index (χ0v) is 19.5. The molecule has 34 heavy (non-hydrogen) atoms.